The van der Waals surface area contributed by atoms with Gasteiger partial charge in [-0.2, -0.15) is 0 Å². The van der Waals surface area contributed by atoms with Crippen molar-refractivity contribution in [2.45, 2.75) is 23.9 Å². The topological polar surface area (TPSA) is 21.1 Å². The fourth-order valence-corrected chi connectivity index (χ4v) is 3.00. The second-order valence-corrected chi connectivity index (χ2v) is 5.63. The fourth-order valence-electron chi connectivity index (χ4n) is 1.91. The van der Waals surface area contributed by atoms with Crippen LogP contribution >= 0.6 is 23.4 Å². The fraction of sp³-hybridized carbons (Fsp3) is 0.357. The Balaban J connectivity index is 2.22. The molecule has 0 spiro atoms. The molecule has 0 unspecified atom stereocenters. The maximum absolute atomic E-state index is 6.37. The zero-order chi connectivity index (χ0) is 13.8. The van der Waals surface area contributed by atoms with Crippen molar-refractivity contribution in [3.05, 3.63) is 35.6 Å². The summed E-state index contributed by atoms with van der Waals surface area (Å²) in [5, 5.41) is 1.72. The molecule has 102 valence electrons. The molecule has 0 N–H and O–H groups in total. The molecule has 0 aliphatic carbocycles. The first-order valence-electron chi connectivity index (χ1n) is 6.35. The van der Waals surface area contributed by atoms with Crippen LogP contribution in [0.1, 0.15) is 13.8 Å². The predicted molar refractivity (Wildman–Crippen MR) is 82.3 cm³/mol. The van der Waals surface area contributed by atoms with E-state index in [1.165, 1.54) is 5.69 Å². The van der Waals surface area contributed by atoms with Crippen molar-refractivity contribution < 1.29 is 0 Å². The Kier molecular flexibility index (Phi) is 4.77. The molecule has 0 saturated carbocycles. The van der Waals surface area contributed by atoms with E-state index in [0.717, 1.165) is 28.2 Å². The summed E-state index contributed by atoms with van der Waals surface area (Å²) in [5.41, 5.74) is 1.17. The van der Waals surface area contributed by atoms with Gasteiger partial charge in [0, 0.05) is 43.1 Å². The minimum absolute atomic E-state index is 0.775. The van der Waals surface area contributed by atoms with Gasteiger partial charge >= 0.3 is 0 Å². The maximum Gasteiger partial charge on any atom is 0.172 e. The highest BCUT2D eigenvalue weighted by Gasteiger charge is 2.09. The molecule has 0 atom stereocenters. The lowest BCUT2D eigenvalue weighted by atomic mass is 10.3. The number of hydrogen-bond donors (Lipinski definition) is 0. The summed E-state index contributed by atoms with van der Waals surface area (Å²) in [4.78, 5) is 7.61. The van der Waals surface area contributed by atoms with Gasteiger partial charge in [-0.15, -0.1) is 0 Å². The van der Waals surface area contributed by atoms with Gasteiger partial charge in [-0.3, -0.25) is 0 Å². The average molecular weight is 296 g/mol. The summed E-state index contributed by atoms with van der Waals surface area (Å²) in [6, 6.07) is 6.21. The Morgan fingerprint density at radius 1 is 1.32 bits per heavy atom. The van der Waals surface area contributed by atoms with Gasteiger partial charge in [-0.25, -0.2) is 4.98 Å². The number of halogens is 1. The molecule has 0 saturated heterocycles. The van der Waals surface area contributed by atoms with Crippen LogP contribution < -0.4 is 4.90 Å². The lowest BCUT2D eigenvalue weighted by Gasteiger charge is -2.21. The van der Waals surface area contributed by atoms with E-state index in [0.29, 0.717) is 0 Å². The van der Waals surface area contributed by atoms with Crippen LogP contribution in [0.2, 0.25) is 5.02 Å². The van der Waals surface area contributed by atoms with Crippen molar-refractivity contribution >= 4 is 29.1 Å². The Morgan fingerprint density at radius 3 is 2.58 bits per heavy atom. The highest BCUT2D eigenvalue weighted by atomic mass is 35.5. The Labute approximate surface area is 123 Å². The molecule has 0 aliphatic rings. The van der Waals surface area contributed by atoms with Crippen LogP contribution in [0.4, 0.5) is 5.69 Å². The number of nitrogens with zero attached hydrogens (tertiary/aromatic N) is 3. The summed E-state index contributed by atoms with van der Waals surface area (Å²) in [6.45, 7) is 6.26. The van der Waals surface area contributed by atoms with E-state index in [-0.39, 0.29) is 0 Å². The van der Waals surface area contributed by atoms with Crippen LogP contribution in [0.15, 0.2) is 40.6 Å². The van der Waals surface area contributed by atoms with Crippen LogP contribution in [0.5, 0.6) is 0 Å². The monoisotopic (exact) mass is 295 g/mol. The van der Waals surface area contributed by atoms with Crippen LogP contribution in [0.25, 0.3) is 0 Å². The van der Waals surface area contributed by atoms with Crippen LogP contribution in [0.3, 0.4) is 0 Å². The van der Waals surface area contributed by atoms with E-state index in [2.05, 4.69) is 35.9 Å². The van der Waals surface area contributed by atoms with Gasteiger partial charge in [0.1, 0.15) is 0 Å². The molecule has 19 heavy (non-hydrogen) atoms. The van der Waals surface area contributed by atoms with Crippen LogP contribution in [-0.2, 0) is 7.05 Å². The van der Waals surface area contributed by atoms with Crippen molar-refractivity contribution in [3.63, 3.8) is 0 Å². The highest BCUT2D eigenvalue weighted by molar-refractivity contribution is 7.99. The molecule has 1 heterocycles. The van der Waals surface area contributed by atoms with Crippen molar-refractivity contribution in [2.75, 3.05) is 18.0 Å². The average Bonchev–Trinajstić information content (AvgIpc) is 2.80. The first kappa shape index (κ1) is 14.3. The zero-order valence-electron chi connectivity index (χ0n) is 11.4. The van der Waals surface area contributed by atoms with Gasteiger partial charge in [0.15, 0.2) is 5.16 Å². The number of rotatable bonds is 5. The van der Waals surface area contributed by atoms with Crippen LogP contribution in [0, 0.1) is 0 Å². The number of aromatic nitrogens is 2. The minimum Gasteiger partial charge on any atom is -0.372 e. The SMILES string of the molecule is CCN(CC)c1ccc(Sc2nccn2C)c(Cl)c1. The van der Waals surface area contributed by atoms with Gasteiger partial charge < -0.3 is 9.47 Å². The van der Waals surface area contributed by atoms with Gasteiger partial charge in [0.25, 0.3) is 0 Å². The van der Waals surface area contributed by atoms with Gasteiger partial charge in [-0.1, -0.05) is 23.4 Å². The van der Waals surface area contributed by atoms with E-state index in [4.69, 9.17) is 11.6 Å². The number of imidazole rings is 1. The van der Waals surface area contributed by atoms with E-state index in [9.17, 15) is 0 Å². The van der Waals surface area contributed by atoms with Gasteiger partial charge in [0.2, 0.25) is 0 Å². The highest BCUT2D eigenvalue weighted by Crippen LogP contribution is 2.34. The number of aryl methyl sites for hydroxylation is 1. The standard InChI is InChI=1S/C14H18ClN3S/c1-4-18(5-2)11-6-7-13(12(15)10-11)19-14-16-8-9-17(14)3/h6-10H,4-5H2,1-3H3. The largest absolute Gasteiger partial charge is 0.372 e. The molecule has 0 fully saturated rings. The Bertz CT molecular complexity index is 549. The summed E-state index contributed by atoms with van der Waals surface area (Å²) in [6.07, 6.45) is 3.72. The molecule has 5 heteroatoms. The van der Waals surface area contributed by atoms with Crippen molar-refractivity contribution in [3.8, 4) is 0 Å². The second-order valence-electron chi connectivity index (χ2n) is 4.21. The summed E-state index contributed by atoms with van der Waals surface area (Å²) >= 11 is 7.96. The quantitative estimate of drug-likeness (QED) is 0.829. The predicted octanol–water partition coefficient (Wildman–Crippen LogP) is 4.07. The lowest BCUT2D eigenvalue weighted by Crippen LogP contribution is -2.21. The molecule has 0 aliphatic heterocycles. The van der Waals surface area contributed by atoms with E-state index in [1.807, 2.05) is 23.9 Å². The maximum atomic E-state index is 6.37. The van der Waals surface area contributed by atoms with Crippen molar-refractivity contribution in [2.24, 2.45) is 7.05 Å². The number of anilines is 1. The molecule has 0 bridgehead atoms. The molecule has 1 aromatic carbocycles. The smallest absolute Gasteiger partial charge is 0.172 e. The summed E-state index contributed by atoms with van der Waals surface area (Å²) < 4.78 is 1.99. The van der Waals surface area contributed by atoms with Gasteiger partial charge in [-0.05, 0) is 32.0 Å². The third kappa shape index (κ3) is 3.25. The van der Waals surface area contributed by atoms with E-state index in [1.54, 1.807) is 18.0 Å². The molecular weight excluding hydrogens is 278 g/mol. The van der Waals surface area contributed by atoms with Crippen molar-refractivity contribution in [1.29, 1.82) is 0 Å². The van der Waals surface area contributed by atoms with E-state index < -0.39 is 0 Å². The molecule has 1 aromatic heterocycles. The summed E-state index contributed by atoms with van der Waals surface area (Å²) in [5.74, 6) is 0. The second kappa shape index (κ2) is 6.35. The first-order valence-corrected chi connectivity index (χ1v) is 7.54. The normalized spacial score (nSPS) is 10.7. The molecule has 0 amide bonds. The molecular formula is C14H18ClN3S. The first-order chi connectivity index (χ1) is 9.15. The Morgan fingerprint density at radius 2 is 2.05 bits per heavy atom. The van der Waals surface area contributed by atoms with Crippen molar-refractivity contribution in [1.82, 2.24) is 9.55 Å². The van der Waals surface area contributed by atoms with Crippen LogP contribution in [-0.4, -0.2) is 22.6 Å². The molecule has 0 radical (unpaired) electrons. The third-order valence-corrected chi connectivity index (χ3v) is 4.60. The molecule has 3 nitrogen and oxygen atoms in total. The molecule has 2 rings (SSSR count). The molecule has 2 aromatic rings. The van der Waals surface area contributed by atoms with E-state index >= 15 is 0 Å². The summed E-state index contributed by atoms with van der Waals surface area (Å²) in [7, 11) is 1.98. The van der Waals surface area contributed by atoms with Gasteiger partial charge in [0.05, 0.1) is 5.02 Å². The Hall–Kier alpha value is -1.13. The number of hydrogen-bond acceptors (Lipinski definition) is 3. The zero-order valence-corrected chi connectivity index (χ0v) is 13.0. The minimum atomic E-state index is 0.775. The number of benzene rings is 1. The lowest BCUT2D eigenvalue weighted by molar-refractivity contribution is 0.790. The third-order valence-electron chi connectivity index (χ3n) is 3.02.